The average Bonchev–Trinajstić information content (AvgIpc) is 2.52. The van der Waals surface area contributed by atoms with Crippen LogP contribution in [0.2, 0.25) is 15.1 Å². The predicted molar refractivity (Wildman–Crippen MR) is 104 cm³/mol. The first-order valence-electron chi connectivity index (χ1n) is 7.79. The molecule has 0 aliphatic carbocycles. The number of amides is 1. The fourth-order valence-corrected chi connectivity index (χ4v) is 3.20. The van der Waals surface area contributed by atoms with Gasteiger partial charge in [0.2, 0.25) is 5.91 Å². The highest BCUT2D eigenvalue weighted by Crippen LogP contribution is 2.35. The summed E-state index contributed by atoms with van der Waals surface area (Å²) in [6, 6.07) is 10.6. The molecule has 0 aliphatic heterocycles. The van der Waals surface area contributed by atoms with Crippen LogP contribution in [0.1, 0.15) is 18.9 Å². The van der Waals surface area contributed by atoms with Crippen molar-refractivity contribution >= 4 is 52.1 Å². The molecule has 0 fully saturated rings. The van der Waals surface area contributed by atoms with Crippen LogP contribution in [-0.4, -0.2) is 23.7 Å². The molecule has 1 amide bonds. The van der Waals surface area contributed by atoms with Crippen LogP contribution in [0, 0.1) is 0 Å². The molecule has 1 atom stereocenters. The second-order valence-electron chi connectivity index (χ2n) is 5.72. The Balaban J connectivity index is 2.00. The van der Waals surface area contributed by atoms with E-state index in [9.17, 15) is 4.79 Å². The second-order valence-corrected chi connectivity index (χ2v) is 6.97. The third kappa shape index (κ3) is 6.08. The van der Waals surface area contributed by atoms with Crippen molar-refractivity contribution in [3.63, 3.8) is 0 Å². The number of aliphatic hydroxyl groups excluding tert-OH is 1. The number of benzene rings is 2. The molecule has 0 saturated carbocycles. The van der Waals surface area contributed by atoms with Crippen molar-refractivity contribution in [3.8, 4) is 0 Å². The van der Waals surface area contributed by atoms with E-state index >= 15 is 0 Å². The predicted octanol–water partition coefficient (Wildman–Crippen LogP) is 4.82. The Morgan fingerprint density at radius 2 is 1.72 bits per heavy atom. The number of halogens is 3. The number of hydrogen-bond donors (Lipinski definition) is 3. The summed E-state index contributed by atoms with van der Waals surface area (Å²) in [4.78, 5) is 11.9. The third-order valence-corrected chi connectivity index (χ3v) is 4.38. The molecule has 25 heavy (non-hydrogen) atoms. The van der Waals surface area contributed by atoms with Gasteiger partial charge in [-0.05, 0) is 43.2 Å². The largest absolute Gasteiger partial charge is 0.396 e. The van der Waals surface area contributed by atoms with Gasteiger partial charge in [-0.25, -0.2) is 0 Å². The SMILES string of the molecule is CC(CCO)NC(=O)Cc1ccc(Nc2c(Cl)cc(Cl)cc2Cl)cc1. The second kappa shape index (κ2) is 9.30. The molecule has 7 heteroatoms. The van der Waals surface area contributed by atoms with E-state index in [0.29, 0.717) is 27.2 Å². The third-order valence-electron chi connectivity index (χ3n) is 3.56. The van der Waals surface area contributed by atoms with E-state index in [2.05, 4.69) is 10.6 Å². The van der Waals surface area contributed by atoms with Gasteiger partial charge in [-0.3, -0.25) is 4.79 Å². The molecule has 0 aromatic heterocycles. The van der Waals surface area contributed by atoms with Gasteiger partial charge in [0.25, 0.3) is 0 Å². The molecule has 0 aliphatic rings. The maximum absolute atomic E-state index is 11.9. The minimum atomic E-state index is -0.0783. The Hall–Kier alpha value is -1.46. The standard InChI is InChI=1S/C18H19Cl3N2O2/c1-11(6-7-24)22-17(25)8-12-2-4-14(5-3-12)23-18-15(20)9-13(19)10-16(18)21/h2-5,9-11,23-24H,6-8H2,1H3,(H,22,25). The van der Waals surface area contributed by atoms with Crippen LogP contribution in [0.4, 0.5) is 11.4 Å². The van der Waals surface area contributed by atoms with E-state index in [4.69, 9.17) is 39.9 Å². The van der Waals surface area contributed by atoms with Crippen molar-refractivity contribution in [2.45, 2.75) is 25.8 Å². The summed E-state index contributed by atoms with van der Waals surface area (Å²) in [7, 11) is 0. The van der Waals surface area contributed by atoms with Crippen LogP contribution < -0.4 is 10.6 Å². The summed E-state index contributed by atoms with van der Waals surface area (Å²) in [5, 5.41) is 16.2. The number of aliphatic hydroxyl groups is 1. The molecular formula is C18H19Cl3N2O2. The first-order valence-corrected chi connectivity index (χ1v) is 8.93. The van der Waals surface area contributed by atoms with Gasteiger partial charge < -0.3 is 15.7 Å². The molecule has 1 unspecified atom stereocenters. The first-order chi connectivity index (χ1) is 11.9. The van der Waals surface area contributed by atoms with Crippen molar-refractivity contribution in [3.05, 3.63) is 57.0 Å². The smallest absolute Gasteiger partial charge is 0.224 e. The Kier molecular flexibility index (Phi) is 7.38. The molecule has 0 bridgehead atoms. The topological polar surface area (TPSA) is 61.4 Å². The van der Waals surface area contributed by atoms with Crippen LogP contribution in [0.5, 0.6) is 0 Å². The normalized spacial score (nSPS) is 11.9. The lowest BCUT2D eigenvalue weighted by atomic mass is 10.1. The molecular weight excluding hydrogens is 383 g/mol. The minimum absolute atomic E-state index is 0.0485. The zero-order chi connectivity index (χ0) is 18.4. The quantitative estimate of drug-likeness (QED) is 0.623. The fraction of sp³-hybridized carbons (Fsp3) is 0.278. The zero-order valence-corrected chi connectivity index (χ0v) is 15.9. The molecule has 4 nitrogen and oxygen atoms in total. The maximum Gasteiger partial charge on any atom is 0.224 e. The monoisotopic (exact) mass is 400 g/mol. The molecule has 0 saturated heterocycles. The molecule has 2 aromatic rings. The number of rotatable bonds is 7. The summed E-state index contributed by atoms with van der Waals surface area (Å²) in [5.74, 6) is -0.0783. The van der Waals surface area contributed by atoms with Gasteiger partial charge in [-0.15, -0.1) is 0 Å². The molecule has 0 heterocycles. The first kappa shape index (κ1) is 19.9. The lowest BCUT2D eigenvalue weighted by molar-refractivity contribution is -0.121. The molecule has 0 radical (unpaired) electrons. The van der Waals surface area contributed by atoms with Gasteiger partial charge >= 0.3 is 0 Å². The Labute approximate surface area is 162 Å². The maximum atomic E-state index is 11.9. The van der Waals surface area contributed by atoms with Crippen molar-refractivity contribution in [2.75, 3.05) is 11.9 Å². The summed E-state index contributed by atoms with van der Waals surface area (Å²) in [5.41, 5.74) is 2.26. The van der Waals surface area contributed by atoms with E-state index < -0.39 is 0 Å². The van der Waals surface area contributed by atoms with Gasteiger partial charge in [0.05, 0.1) is 22.2 Å². The number of carbonyl (C=O) groups is 1. The Morgan fingerprint density at radius 3 is 2.28 bits per heavy atom. The summed E-state index contributed by atoms with van der Waals surface area (Å²) >= 11 is 18.2. The van der Waals surface area contributed by atoms with Crippen LogP contribution in [-0.2, 0) is 11.2 Å². The van der Waals surface area contributed by atoms with E-state index in [1.54, 1.807) is 12.1 Å². The van der Waals surface area contributed by atoms with Crippen molar-refractivity contribution in [2.24, 2.45) is 0 Å². The van der Waals surface area contributed by atoms with Crippen LogP contribution >= 0.6 is 34.8 Å². The van der Waals surface area contributed by atoms with E-state index in [1.807, 2.05) is 31.2 Å². The van der Waals surface area contributed by atoms with Gasteiger partial charge in [0.1, 0.15) is 0 Å². The molecule has 3 N–H and O–H groups in total. The fourth-order valence-electron chi connectivity index (χ4n) is 2.29. The summed E-state index contributed by atoms with van der Waals surface area (Å²) < 4.78 is 0. The van der Waals surface area contributed by atoms with Gasteiger partial charge in [0, 0.05) is 23.4 Å². The number of carbonyl (C=O) groups excluding carboxylic acids is 1. The van der Waals surface area contributed by atoms with Crippen LogP contribution in [0.15, 0.2) is 36.4 Å². The molecule has 2 aromatic carbocycles. The van der Waals surface area contributed by atoms with Gasteiger partial charge in [-0.1, -0.05) is 46.9 Å². The summed E-state index contributed by atoms with van der Waals surface area (Å²) in [6.07, 6.45) is 0.815. The molecule has 0 spiro atoms. The minimum Gasteiger partial charge on any atom is -0.396 e. The Bertz CT molecular complexity index is 713. The highest BCUT2D eigenvalue weighted by Gasteiger charge is 2.10. The summed E-state index contributed by atoms with van der Waals surface area (Å²) in [6.45, 7) is 1.92. The molecule has 134 valence electrons. The average molecular weight is 402 g/mol. The van der Waals surface area contributed by atoms with Crippen molar-refractivity contribution in [1.29, 1.82) is 0 Å². The van der Waals surface area contributed by atoms with Crippen LogP contribution in [0.3, 0.4) is 0 Å². The van der Waals surface area contributed by atoms with Crippen molar-refractivity contribution < 1.29 is 9.90 Å². The number of nitrogens with one attached hydrogen (secondary N) is 2. The molecule has 2 rings (SSSR count). The van der Waals surface area contributed by atoms with Crippen LogP contribution in [0.25, 0.3) is 0 Å². The number of anilines is 2. The van der Waals surface area contributed by atoms with E-state index in [1.165, 1.54) is 0 Å². The van der Waals surface area contributed by atoms with Gasteiger partial charge in [0.15, 0.2) is 0 Å². The van der Waals surface area contributed by atoms with Crippen molar-refractivity contribution in [1.82, 2.24) is 5.32 Å². The van der Waals surface area contributed by atoms with E-state index in [0.717, 1.165) is 11.3 Å². The zero-order valence-electron chi connectivity index (χ0n) is 13.7. The Morgan fingerprint density at radius 1 is 1.12 bits per heavy atom. The lowest BCUT2D eigenvalue weighted by Gasteiger charge is -2.13. The highest BCUT2D eigenvalue weighted by atomic mass is 35.5. The number of hydrogen-bond acceptors (Lipinski definition) is 3. The van der Waals surface area contributed by atoms with Gasteiger partial charge in [-0.2, -0.15) is 0 Å². The lowest BCUT2D eigenvalue weighted by Crippen LogP contribution is -2.34. The highest BCUT2D eigenvalue weighted by molar-refractivity contribution is 6.41. The van der Waals surface area contributed by atoms with E-state index in [-0.39, 0.29) is 25.0 Å².